The fourth-order valence-electron chi connectivity index (χ4n) is 2.95. The average molecular weight is 378 g/mol. The largest absolute Gasteiger partial charge is 0.496 e. The van der Waals surface area contributed by atoms with E-state index in [0.717, 1.165) is 17.0 Å². The molecule has 0 unspecified atom stereocenters. The second-order valence-electron chi connectivity index (χ2n) is 6.20. The van der Waals surface area contributed by atoms with Gasteiger partial charge in [-0.1, -0.05) is 48.5 Å². The molecule has 0 aliphatic rings. The van der Waals surface area contributed by atoms with E-state index in [1.807, 2.05) is 48.5 Å². The zero-order chi connectivity index (χ0) is 19.1. The number of aromatic nitrogens is 1. The molecular weight excluding hydrogens is 354 g/mol. The predicted octanol–water partition coefficient (Wildman–Crippen LogP) is 5.05. The lowest BCUT2D eigenvalue weighted by Gasteiger charge is -2.32. The fourth-order valence-corrected chi connectivity index (χ4v) is 3.29. The molecule has 1 heterocycles. The van der Waals surface area contributed by atoms with Gasteiger partial charge in [0.15, 0.2) is 5.11 Å². The Morgan fingerprint density at radius 1 is 1.07 bits per heavy atom. The zero-order valence-electron chi connectivity index (χ0n) is 15.5. The third kappa shape index (κ3) is 4.83. The van der Waals surface area contributed by atoms with E-state index in [1.54, 1.807) is 19.5 Å². The number of para-hydroxylation sites is 1. The van der Waals surface area contributed by atoms with Crippen molar-refractivity contribution in [1.82, 2.24) is 9.88 Å². The molecule has 0 aliphatic carbocycles. The molecule has 0 spiro atoms. The third-order valence-corrected chi connectivity index (χ3v) is 4.79. The highest BCUT2D eigenvalue weighted by molar-refractivity contribution is 7.80. The van der Waals surface area contributed by atoms with Gasteiger partial charge in [0.1, 0.15) is 5.75 Å². The molecule has 27 heavy (non-hydrogen) atoms. The van der Waals surface area contributed by atoms with Crippen LogP contribution in [0, 0.1) is 0 Å². The first-order valence-corrected chi connectivity index (χ1v) is 9.24. The molecule has 1 N–H and O–H groups in total. The first-order chi connectivity index (χ1) is 13.2. The van der Waals surface area contributed by atoms with Crippen LogP contribution >= 0.6 is 12.2 Å². The van der Waals surface area contributed by atoms with Crippen molar-refractivity contribution in [1.29, 1.82) is 0 Å². The molecule has 0 bridgehead atoms. The van der Waals surface area contributed by atoms with Crippen molar-refractivity contribution in [2.45, 2.75) is 19.5 Å². The van der Waals surface area contributed by atoms with E-state index in [1.165, 1.54) is 5.56 Å². The van der Waals surface area contributed by atoms with E-state index in [-0.39, 0.29) is 6.04 Å². The molecule has 5 heteroatoms. The number of hydrogen-bond acceptors (Lipinski definition) is 3. The van der Waals surface area contributed by atoms with Crippen molar-refractivity contribution in [3.8, 4) is 5.75 Å². The van der Waals surface area contributed by atoms with Crippen LogP contribution in [0.25, 0.3) is 0 Å². The first-order valence-electron chi connectivity index (χ1n) is 8.83. The van der Waals surface area contributed by atoms with Crippen molar-refractivity contribution < 1.29 is 4.74 Å². The SMILES string of the molecule is COc1ccccc1CN(C(=S)Nc1cccnc1)[C@H](C)c1ccccc1. The summed E-state index contributed by atoms with van der Waals surface area (Å²) in [5.74, 6) is 0.854. The van der Waals surface area contributed by atoms with Crippen molar-refractivity contribution in [2.75, 3.05) is 12.4 Å². The molecule has 0 radical (unpaired) electrons. The highest BCUT2D eigenvalue weighted by Gasteiger charge is 2.20. The molecule has 4 nitrogen and oxygen atoms in total. The molecule has 0 saturated carbocycles. The number of nitrogens with zero attached hydrogens (tertiary/aromatic N) is 2. The number of hydrogen-bond donors (Lipinski definition) is 1. The predicted molar refractivity (Wildman–Crippen MR) is 114 cm³/mol. The lowest BCUT2D eigenvalue weighted by Crippen LogP contribution is -2.36. The van der Waals surface area contributed by atoms with Gasteiger partial charge >= 0.3 is 0 Å². The number of nitrogens with one attached hydrogen (secondary N) is 1. The summed E-state index contributed by atoms with van der Waals surface area (Å²) in [6.45, 7) is 2.79. The average Bonchev–Trinajstić information content (AvgIpc) is 2.73. The topological polar surface area (TPSA) is 37.4 Å². The third-order valence-electron chi connectivity index (χ3n) is 4.46. The Labute approximate surface area is 165 Å². The minimum atomic E-state index is 0.0905. The standard InChI is InChI=1S/C22H23N3OS/c1-17(18-9-4-3-5-10-18)25(16-19-11-6-7-13-21(19)26-2)22(27)24-20-12-8-14-23-15-20/h3-15,17H,16H2,1-2H3,(H,24,27)/t17-/m1/s1. The summed E-state index contributed by atoms with van der Waals surface area (Å²) in [6, 6.07) is 22.3. The maximum atomic E-state index is 5.76. The lowest BCUT2D eigenvalue weighted by molar-refractivity contribution is 0.324. The molecule has 2 aromatic carbocycles. The van der Waals surface area contributed by atoms with Crippen LogP contribution in [0.3, 0.4) is 0 Å². The minimum Gasteiger partial charge on any atom is -0.496 e. The Morgan fingerprint density at radius 2 is 1.81 bits per heavy atom. The van der Waals surface area contributed by atoms with Gasteiger partial charge < -0.3 is 15.0 Å². The summed E-state index contributed by atoms with van der Waals surface area (Å²) >= 11 is 5.76. The molecular formula is C22H23N3OS. The van der Waals surface area contributed by atoms with Gasteiger partial charge in [-0.05, 0) is 42.9 Å². The van der Waals surface area contributed by atoms with E-state index in [2.05, 4.69) is 40.3 Å². The monoisotopic (exact) mass is 377 g/mol. The Kier molecular flexibility index (Phi) is 6.39. The number of methoxy groups -OCH3 is 1. The van der Waals surface area contributed by atoms with E-state index in [0.29, 0.717) is 11.7 Å². The highest BCUT2D eigenvalue weighted by atomic mass is 32.1. The molecule has 3 rings (SSSR count). The highest BCUT2D eigenvalue weighted by Crippen LogP contribution is 2.27. The number of rotatable bonds is 6. The van der Waals surface area contributed by atoms with Gasteiger partial charge in [0.05, 0.1) is 25.0 Å². The van der Waals surface area contributed by atoms with Gasteiger partial charge in [0.25, 0.3) is 0 Å². The van der Waals surface area contributed by atoms with Crippen molar-refractivity contribution in [3.05, 3.63) is 90.3 Å². The molecule has 0 fully saturated rings. The van der Waals surface area contributed by atoms with Crippen molar-refractivity contribution >= 4 is 23.0 Å². The van der Waals surface area contributed by atoms with E-state index < -0.39 is 0 Å². The number of pyridine rings is 1. The Balaban J connectivity index is 1.89. The van der Waals surface area contributed by atoms with Crippen LogP contribution in [-0.4, -0.2) is 22.1 Å². The number of thiocarbonyl (C=S) groups is 1. The fraction of sp³-hybridized carbons (Fsp3) is 0.182. The van der Waals surface area contributed by atoms with Crippen LogP contribution < -0.4 is 10.1 Å². The summed E-state index contributed by atoms with van der Waals surface area (Å²) in [5, 5.41) is 3.95. The maximum absolute atomic E-state index is 5.76. The van der Waals surface area contributed by atoms with Gasteiger partial charge in [0.2, 0.25) is 0 Å². The second-order valence-corrected chi connectivity index (χ2v) is 6.58. The van der Waals surface area contributed by atoms with Crippen LogP contribution in [-0.2, 0) is 6.54 Å². The number of ether oxygens (including phenoxy) is 1. The maximum Gasteiger partial charge on any atom is 0.174 e. The van der Waals surface area contributed by atoms with E-state index >= 15 is 0 Å². The summed E-state index contributed by atoms with van der Waals surface area (Å²) in [5.41, 5.74) is 3.15. The summed E-state index contributed by atoms with van der Waals surface area (Å²) in [4.78, 5) is 6.31. The molecule has 1 atom stereocenters. The Morgan fingerprint density at radius 3 is 2.52 bits per heavy atom. The van der Waals surface area contributed by atoms with Crippen molar-refractivity contribution in [2.24, 2.45) is 0 Å². The minimum absolute atomic E-state index is 0.0905. The summed E-state index contributed by atoms with van der Waals surface area (Å²) in [7, 11) is 1.69. The molecule has 0 saturated heterocycles. The summed E-state index contributed by atoms with van der Waals surface area (Å²) in [6.07, 6.45) is 3.51. The quantitative estimate of drug-likeness (QED) is 0.609. The Bertz CT molecular complexity index is 871. The van der Waals surface area contributed by atoms with Crippen LogP contribution in [0.15, 0.2) is 79.1 Å². The lowest BCUT2D eigenvalue weighted by atomic mass is 10.1. The van der Waals surface area contributed by atoms with E-state index in [4.69, 9.17) is 17.0 Å². The first kappa shape index (κ1) is 18.9. The van der Waals surface area contributed by atoms with Crippen molar-refractivity contribution in [3.63, 3.8) is 0 Å². The molecule has 0 aliphatic heterocycles. The molecule has 0 amide bonds. The van der Waals surface area contributed by atoms with E-state index in [9.17, 15) is 0 Å². The number of anilines is 1. The zero-order valence-corrected chi connectivity index (χ0v) is 16.3. The van der Waals surface area contributed by atoms with Gasteiger partial charge in [-0.2, -0.15) is 0 Å². The van der Waals surface area contributed by atoms with Gasteiger partial charge in [-0.25, -0.2) is 0 Å². The van der Waals surface area contributed by atoms with Crippen LogP contribution in [0.4, 0.5) is 5.69 Å². The molecule has 3 aromatic rings. The van der Waals surface area contributed by atoms with Crippen LogP contribution in [0.5, 0.6) is 5.75 Å². The second kappa shape index (κ2) is 9.14. The smallest absolute Gasteiger partial charge is 0.174 e. The number of benzene rings is 2. The van der Waals surface area contributed by atoms with Gasteiger partial charge in [0, 0.05) is 18.3 Å². The van der Waals surface area contributed by atoms with Crippen LogP contribution in [0.2, 0.25) is 0 Å². The summed E-state index contributed by atoms with van der Waals surface area (Å²) < 4.78 is 5.53. The molecule has 1 aromatic heterocycles. The van der Waals surface area contributed by atoms with Crippen LogP contribution in [0.1, 0.15) is 24.1 Å². The molecule has 138 valence electrons. The normalized spacial score (nSPS) is 11.5. The Hall–Kier alpha value is -2.92. The van der Waals surface area contributed by atoms with Gasteiger partial charge in [-0.3, -0.25) is 4.98 Å². The van der Waals surface area contributed by atoms with Gasteiger partial charge in [-0.15, -0.1) is 0 Å².